The monoisotopic (exact) mass is 582 g/mol. The number of carbonyl (C=O) groups excluding carboxylic acids is 3. The van der Waals surface area contributed by atoms with Crippen molar-refractivity contribution in [3.63, 3.8) is 0 Å². The average Bonchev–Trinajstić information content (AvgIpc) is 3.37. The number of para-hydroxylation sites is 1. The maximum Gasteiger partial charge on any atom is 0.327 e. The predicted octanol–water partition coefficient (Wildman–Crippen LogP) is 0.878. The highest BCUT2D eigenvalue weighted by atomic mass is 32.1. The van der Waals surface area contributed by atoms with Gasteiger partial charge in [-0.25, -0.2) is 4.79 Å². The molecule has 220 valence electrons. The lowest BCUT2D eigenvalue weighted by atomic mass is 10.0. The van der Waals surface area contributed by atoms with E-state index in [0.717, 1.165) is 22.0 Å². The maximum atomic E-state index is 13.6. The van der Waals surface area contributed by atoms with Gasteiger partial charge in [0, 0.05) is 29.3 Å². The fraction of sp³-hybridized carbons (Fsp3) is 0.379. The number of carbonyl (C=O) groups is 4. The number of benzene rings is 2. The number of carboxylic acids is 1. The summed E-state index contributed by atoms with van der Waals surface area (Å²) < 4.78 is 0. The Labute approximate surface area is 244 Å². The number of thiol groups is 1. The molecule has 0 saturated heterocycles. The predicted molar refractivity (Wildman–Crippen MR) is 160 cm³/mol. The molecule has 1 aromatic heterocycles. The molecule has 12 heteroatoms. The van der Waals surface area contributed by atoms with Crippen LogP contribution in [-0.4, -0.2) is 70.2 Å². The third kappa shape index (κ3) is 9.34. The van der Waals surface area contributed by atoms with E-state index in [9.17, 15) is 24.3 Å². The molecule has 0 aliphatic rings. The van der Waals surface area contributed by atoms with Gasteiger partial charge in [-0.2, -0.15) is 12.6 Å². The fourth-order valence-electron chi connectivity index (χ4n) is 4.46. The lowest BCUT2D eigenvalue weighted by Gasteiger charge is -2.25. The maximum absolute atomic E-state index is 13.6. The van der Waals surface area contributed by atoms with Crippen molar-refractivity contribution in [1.29, 1.82) is 0 Å². The highest BCUT2D eigenvalue weighted by Gasteiger charge is 2.30. The Morgan fingerprint density at radius 2 is 1.46 bits per heavy atom. The number of aliphatic carboxylic acids is 1. The van der Waals surface area contributed by atoms with Gasteiger partial charge in [0.15, 0.2) is 0 Å². The van der Waals surface area contributed by atoms with E-state index < -0.39 is 47.9 Å². The van der Waals surface area contributed by atoms with Gasteiger partial charge in [-0.3, -0.25) is 14.4 Å². The largest absolute Gasteiger partial charge is 0.480 e. The van der Waals surface area contributed by atoms with Gasteiger partial charge in [0.25, 0.3) is 0 Å². The lowest BCUT2D eigenvalue weighted by molar-refractivity contribution is -0.141. The Balaban J connectivity index is 1.82. The van der Waals surface area contributed by atoms with Crippen LogP contribution in [0, 0.1) is 0 Å². The number of nitrogens with two attached hydrogens (primary N) is 2. The number of aromatic nitrogens is 1. The van der Waals surface area contributed by atoms with E-state index in [4.69, 9.17) is 11.5 Å². The van der Waals surface area contributed by atoms with Crippen LogP contribution in [0.3, 0.4) is 0 Å². The molecule has 0 bridgehead atoms. The second-order valence-electron chi connectivity index (χ2n) is 9.85. The van der Waals surface area contributed by atoms with Gasteiger partial charge in [-0.05, 0) is 49.4 Å². The van der Waals surface area contributed by atoms with Crippen LogP contribution in [0.25, 0.3) is 10.9 Å². The molecule has 0 aliphatic carbocycles. The van der Waals surface area contributed by atoms with Gasteiger partial charge < -0.3 is 37.5 Å². The van der Waals surface area contributed by atoms with Crippen molar-refractivity contribution in [1.82, 2.24) is 20.9 Å². The summed E-state index contributed by atoms with van der Waals surface area (Å²) >= 11 is 4.00. The van der Waals surface area contributed by atoms with Crippen molar-refractivity contribution in [2.75, 3.05) is 12.3 Å². The summed E-state index contributed by atoms with van der Waals surface area (Å²) in [6, 6.07) is 12.6. The van der Waals surface area contributed by atoms with Gasteiger partial charge in [-0.1, -0.05) is 48.5 Å². The molecular formula is C29H38N6O5S. The average molecular weight is 583 g/mol. The number of carboxylic acid groups (broad SMARTS) is 1. The molecule has 11 nitrogen and oxygen atoms in total. The summed E-state index contributed by atoms with van der Waals surface area (Å²) in [6.45, 7) is 0.398. The van der Waals surface area contributed by atoms with Crippen LogP contribution in [0.4, 0.5) is 0 Å². The molecule has 1 heterocycles. The molecule has 3 rings (SSSR count). The zero-order valence-corrected chi connectivity index (χ0v) is 23.6. The van der Waals surface area contributed by atoms with Crippen LogP contribution >= 0.6 is 12.6 Å². The van der Waals surface area contributed by atoms with Crippen LogP contribution in [0.1, 0.15) is 30.4 Å². The van der Waals surface area contributed by atoms with E-state index in [1.54, 1.807) is 6.20 Å². The Hall–Kier alpha value is -3.87. The molecule has 9 N–H and O–H groups in total. The highest BCUT2D eigenvalue weighted by molar-refractivity contribution is 7.80. The summed E-state index contributed by atoms with van der Waals surface area (Å²) in [5.41, 5.74) is 14.4. The number of nitrogens with one attached hydrogen (secondary N) is 4. The summed E-state index contributed by atoms with van der Waals surface area (Å²) in [7, 11) is 0. The van der Waals surface area contributed by atoms with E-state index >= 15 is 0 Å². The van der Waals surface area contributed by atoms with E-state index in [-0.39, 0.29) is 25.0 Å². The number of H-pyrrole nitrogens is 1. The Kier molecular flexibility index (Phi) is 12.2. The molecular weight excluding hydrogens is 544 g/mol. The molecule has 0 spiro atoms. The summed E-state index contributed by atoms with van der Waals surface area (Å²) in [4.78, 5) is 54.4. The Morgan fingerprint density at radius 1 is 0.829 bits per heavy atom. The van der Waals surface area contributed by atoms with Crippen LogP contribution in [-0.2, 0) is 32.0 Å². The third-order valence-electron chi connectivity index (χ3n) is 6.74. The topological polar surface area (TPSA) is 192 Å². The molecule has 41 heavy (non-hydrogen) atoms. The molecule has 0 unspecified atom stereocenters. The normalized spacial score (nSPS) is 14.0. The summed E-state index contributed by atoms with van der Waals surface area (Å²) in [5.74, 6) is -3.13. The fourth-order valence-corrected chi connectivity index (χ4v) is 4.71. The first-order valence-corrected chi connectivity index (χ1v) is 14.2. The first-order valence-electron chi connectivity index (χ1n) is 13.5. The van der Waals surface area contributed by atoms with Crippen LogP contribution in [0.15, 0.2) is 60.8 Å². The molecule has 0 saturated carbocycles. The number of unbranched alkanes of at least 4 members (excludes halogenated alkanes) is 1. The first kappa shape index (κ1) is 31.7. The molecule has 3 amide bonds. The number of hydrogen-bond acceptors (Lipinski definition) is 7. The molecule has 3 aromatic rings. The Morgan fingerprint density at radius 3 is 2.15 bits per heavy atom. The quantitative estimate of drug-likeness (QED) is 0.0907. The lowest BCUT2D eigenvalue weighted by Crippen LogP contribution is -2.58. The van der Waals surface area contributed by atoms with Crippen molar-refractivity contribution < 1.29 is 24.3 Å². The van der Waals surface area contributed by atoms with E-state index in [0.29, 0.717) is 19.4 Å². The van der Waals surface area contributed by atoms with E-state index in [1.807, 2.05) is 54.6 Å². The van der Waals surface area contributed by atoms with Crippen molar-refractivity contribution in [3.05, 3.63) is 71.9 Å². The summed E-state index contributed by atoms with van der Waals surface area (Å²) in [6.07, 6.45) is 3.54. The zero-order chi connectivity index (χ0) is 29.8. The number of rotatable bonds is 16. The second-order valence-corrected chi connectivity index (χ2v) is 10.2. The van der Waals surface area contributed by atoms with Crippen LogP contribution in [0.2, 0.25) is 0 Å². The molecule has 0 aliphatic heterocycles. The molecule has 2 aromatic carbocycles. The van der Waals surface area contributed by atoms with Crippen molar-refractivity contribution in [2.45, 2.75) is 56.3 Å². The van der Waals surface area contributed by atoms with Crippen LogP contribution < -0.4 is 27.4 Å². The van der Waals surface area contributed by atoms with Crippen LogP contribution in [0.5, 0.6) is 0 Å². The minimum absolute atomic E-state index is 0.122. The second kappa shape index (κ2) is 15.8. The first-order chi connectivity index (χ1) is 19.7. The number of fused-ring (bicyclic) bond motifs is 1. The number of amides is 3. The van der Waals surface area contributed by atoms with Crippen molar-refractivity contribution in [3.8, 4) is 0 Å². The van der Waals surface area contributed by atoms with Gasteiger partial charge in [0.2, 0.25) is 17.7 Å². The Bertz CT molecular complexity index is 1320. The molecule has 4 atom stereocenters. The summed E-state index contributed by atoms with van der Waals surface area (Å²) in [5, 5.41) is 18.2. The van der Waals surface area contributed by atoms with Gasteiger partial charge in [0.05, 0.1) is 6.04 Å². The van der Waals surface area contributed by atoms with Gasteiger partial charge in [-0.15, -0.1) is 0 Å². The van der Waals surface area contributed by atoms with E-state index in [1.165, 1.54) is 0 Å². The minimum Gasteiger partial charge on any atom is -0.480 e. The van der Waals surface area contributed by atoms with Gasteiger partial charge in [0.1, 0.15) is 18.1 Å². The molecule has 0 fully saturated rings. The van der Waals surface area contributed by atoms with Gasteiger partial charge >= 0.3 is 5.97 Å². The SMILES string of the molecule is NCCCC[C@H](NC(=O)[C@@H](Cc1c[nH]c2ccccc12)NC(=O)[C@H](N)Cc1ccccc1)C(=O)N[C@@H](CS)C(=O)O. The number of aromatic amines is 1. The standard InChI is InChI=1S/C29H38N6O5S/c30-13-7-6-12-23(27(37)35-25(17-41)29(39)40)33-28(38)24(15-19-16-32-22-11-5-4-10-20(19)22)34-26(36)21(31)14-18-8-2-1-3-9-18/h1-5,8-11,16,21,23-25,32,41H,6-7,12-15,17,30-31H2,(H,33,38)(H,34,36)(H,35,37)(H,39,40)/t21-,23+,24-,25+/m1/s1. The highest BCUT2D eigenvalue weighted by Crippen LogP contribution is 2.19. The van der Waals surface area contributed by atoms with Crippen molar-refractivity contribution in [2.24, 2.45) is 11.5 Å². The van der Waals surface area contributed by atoms with E-state index in [2.05, 4.69) is 33.6 Å². The zero-order valence-electron chi connectivity index (χ0n) is 22.7. The van der Waals surface area contributed by atoms with Crippen molar-refractivity contribution >= 4 is 47.2 Å². The molecule has 0 radical (unpaired) electrons. The number of hydrogen-bond donors (Lipinski definition) is 8. The third-order valence-corrected chi connectivity index (χ3v) is 7.11. The minimum atomic E-state index is -1.24. The smallest absolute Gasteiger partial charge is 0.327 e.